The zero-order chi connectivity index (χ0) is 6.69. The van der Waals surface area contributed by atoms with Crippen molar-refractivity contribution in [2.45, 2.75) is 38.9 Å². The molecule has 1 heterocycles. The SMILES string of the molecule is CCCC1C=CC(C)O1. The van der Waals surface area contributed by atoms with Crippen LogP contribution < -0.4 is 0 Å². The van der Waals surface area contributed by atoms with Gasteiger partial charge >= 0.3 is 0 Å². The second-order valence-electron chi connectivity index (χ2n) is 2.55. The quantitative estimate of drug-likeness (QED) is 0.515. The van der Waals surface area contributed by atoms with Gasteiger partial charge in [-0.15, -0.1) is 0 Å². The Kier molecular flexibility index (Phi) is 2.29. The molecule has 0 bridgehead atoms. The van der Waals surface area contributed by atoms with E-state index in [2.05, 4.69) is 26.0 Å². The van der Waals surface area contributed by atoms with E-state index in [0.717, 1.165) is 0 Å². The first kappa shape index (κ1) is 6.81. The molecule has 0 aromatic heterocycles. The van der Waals surface area contributed by atoms with Gasteiger partial charge in [-0.05, 0) is 13.3 Å². The first-order valence-corrected chi connectivity index (χ1v) is 3.66. The second kappa shape index (κ2) is 3.02. The molecule has 0 fully saturated rings. The highest BCUT2D eigenvalue weighted by molar-refractivity contribution is 4.99. The molecule has 0 aliphatic carbocycles. The van der Waals surface area contributed by atoms with Crippen LogP contribution in [0.25, 0.3) is 0 Å². The summed E-state index contributed by atoms with van der Waals surface area (Å²) in [6.07, 6.45) is 7.42. The summed E-state index contributed by atoms with van der Waals surface area (Å²) in [4.78, 5) is 0. The van der Waals surface area contributed by atoms with E-state index in [1.54, 1.807) is 0 Å². The maximum Gasteiger partial charge on any atom is 0.0764 e. The minimum absolute atomic E-state index is 0.349. The van der Waals surface area contributed by atoms with Gasteiger partial charge in [-0.25, -0.2) is 0 Å². The summed E-state index contributed by atoms with van der Waals surface area (Å²) >= 11 is 0. The molecule has 1 aliphatic heterocycles. The highest BCUT2D eigenvalue weighted by Crippen LogP contribution is 2.14. The molecule has 1 rings (SSSR count). The molecule has 0 amide bonds. The van der Waals surface area contributed by atoms with Crippen LogP contribution in [-0.2, 0) is 4.74 Å². The Balaban J connectivity index is 2.24. The maximum absolute atomic E-state index is 5.49. The lowest BCUT2D eigenvalue weighted by atomic mass is 10.2. The average molecular weight is 126 g/mol. The van der Waals surface area contributed by atoms with E-state index in [9.17, 15) is 0 Å². The van der Waals surface area contributed by atoms with E-state index in [-0.39, 0.29) is 0 Å². The molecule has 9 heavy (non-hydrogen) atoms. The van der Waals surface area contributed by atoms with Crippen LogP contribution in [0.5, 0.6) is 0 Å². The van der Waals surface area contributed by atoms with Crippen molar-refractivity contribution < 1.29 is 4.74 Å². The van der Waals surface area contributed by atoms with Crippen molar-refractivity contribution in [2.75, 3.05) is 0 Å². The predicted octanol–water partition coefficient (Wildman–Crippen LogP) is 2.13. The zero-order valence-corrected chi connectivity index (χ0v) is 6.13. The third kappa shape index (κ3) is 1.83. The van der Waals surface area contributed by atoms with E-state index >= 15 is 0 Å². The molecule has 0 spiro atoms. The van der Waals surface area contributed by atoms with Crippen LogP contribution in [0.15, 0.2) is 12.2 Å². The van der Waals surface area contributed by atoms with Crippen molar-refractivity contribution in [1.29, 1.82) is 0 Å². The molecule has 0 saturated carbocycles. The van der Waals surface area contributed by atoms with Crippen molar-refractivity contribution in [2.24, 2.45) is 0 Å². The Hall–Kier alpha value is -0.300. The van der Waals surface area contributed by atoms with Crippen molar-refractivity contribution in [3.05, 3.63) is 12.2 Å². The molecule has 1 aliphatic rings. The van der Waals surface area contributed by atoms with E-state index in [1.807, 2.05) is 0 Å². The van der Waals surface area contributed by atoms with Crippen molar-refractivity contribution in [3.63, 3.8) is 0 Å². The first-order valence-electron chi connectivity index (χ1n) is 3.66. The Morgan fingerprint density at radius 3 is 2.67 bits per heavy atom. The fourth-order valence-electron chi connectivity index (χ4n) is 1.10. The van der Waals surface area contributed by atoms with Crippen LogP contribution in [0.3, 0.4) is 0 Å². The summed E-state index contributed by atoms with van der Waals surface area (Å²) in [6, 6.07) is 0. The number of hydrogen-bond acceptors (Lipinski definition) is 1. The Morgan fingerprint density at radius 1 is 1.44 bits per heavy atom. The third-order valence-electron chi connectivity index (χ3n) is 1.56. The average Bonchev–Trinajstić information content (AvgIpc) is 2.17. The van der Waals surface area contributed by atoms with Gasteiger partial charge in [-0.2, -0.15) is 0 Å². The van der Waals surface area contributed by atoms with Gasteiger partial charge in [-0.1, -0.05) is 25.5 Å². The lowest BCUT2D eigenvalue weighted by molar-refractivity contribution is 0.0662. The molecule has 2 unspecified atom stereocenters. The fourth-order valence-corrected chi connectivity index (χ4v) is 1.10. The molecule has 1 heteroatoms. The van der Waals surface area contributed by atoms with Crippen LogP contribution in [0.2, 0.25) is 0 Å². The molecule has 0 aromatic carbocycles. The Labute approximate surface area is 56.7 Å². The largest absolute Gasteiger partial charge is 0.367 e. The van der Waals surface area contributed by atoms with Crippen LogP contribution in [0.4, 0.5) is 0 Å². The van der Waals surface area contributed by atoms with E-state index in [1.165, 1.54) is 12.8 Å². The van der Waals surface area contributed by atoms with Gasteiger partial charge < -0.3 is 4.74 Å². The van der Waals surface area contributed by atoms with Crippen LogP contribution in [-0.4, -0.2) is 12.2 Å². The van der Waals surface area contributed by atoms with Gasteiger partial charge in [0.05, 0.1) is 12.2 Å². The summed E-state index contributed by atoms with van der Waals surface area (Å²) < 4.78 is 5.49. The summed E-state index contributed by atoms with van der Waals surface area (Å²) in [6.45, 7) is 4.26. The molecule has 2 atom stereocenters. The normalized spacial score (nSPS) is 33.6. The predicted molar refractivity (Wildman–Crippen MR) is 38.4 cm³/mol. The van der Waals surface area contributed by atoms with E-state index in [4.69, 9.17) is 4.74 Å². The Morgan fingerprint density at radius 2 is 2.22 bits per heavy atom. The van der Waals surface area contributed by atoms with Gasteiger partial charge in [0.15, 0.2) is 0 Å². The van der Waals surface area contributed by atoms with Gasteiger partial charge in [-0.3, -0.25) is 0 Å². The van der Waals surface area contributed by atoms with Gasteiger partial charge in [0, 0.05) is 0 Å². The van der Waals surface area contributed by atoms with Gasteiger partial charge in [0.1, 0.15) is 0 Å². The molecular weight excluding hydrogens is 112 g/mol. The standard InChI is InChI=1S/C8H14O/c1-3-4-8-6-5-7(2)9-8/h5-8H,3-4H2,1-2H3. The smallest absolute Gasteiger partial charge is 0.0764 e. The van der Waals surface area contributed by atoms with Crippen LogP contribution in [0.1, 0.15) is 26.7 Å². The molecule has 1 nitrogen and oxygen atoms in total. The highest BCUT2D eigenvalue weighted by atomic mass is 16.5. The first-order chi connectivity index (χ1) is 4.33. The molecule has 0 N–H and O–H groups in total. The van der Waals surface area contributed by atoms with Gasteiger partial charge in [0.25, 0.3) is 0 Å². The molecule has 0 aromatic rings. The number of hydrogen-bond donors (Lipinski definition) is 0. The number of ether oxygens (including phenoxy) is 1. The summed E-state index contributed by atoms with van der Waals surface area (Å²) in [7, 11) is 0. The molecular formula is C8H14O. The number of rotatable bonds is 2. The lowest BCUT2D eigenvalue weighted by Gasteiger charge is -2.08. The third-order valence-corrected chi connectivity index (χ3v) is 1.56. The van der Waals surface area contributed by atoms with Crippen LogP contribution in [0, 0.1) is 0 Å². The van der Waals surface area contributed by atoms with Crippen molar-refractivity contribution >= 4 is 0 Å². The van der Waals surface area contributed by atoms with Gasteiger partial charge in [0.2, 0.25) is 0 Å². The minimum Gasteiger partial charge on any atom is -0.367 e. The second-order valence-corrected chi connectivity index (χ2v) is 2.55. The summed E-state index contributed by atoms with van der Waals surface area (Å²) in [5.74, 6) is 0. The lowest BCUT2D eigenvalue weighted by Crippen LogP contribution is -2.08. The molecule has 0 saturated heterocycles. The monoisotopic (exact) mass is 126 g/mol. The summed E-state index contributed by atoms with van der Waals surface area (Å²) in [5.41, 5.74) is 0. The maximum atomic E-state index is 5.49. The van der Waals surface area contributed by atoms with E-state index < -0.39 is 0 Å². The molecule has 52 valence electrons. The minimum atomic E-state index is 0.349. The highest BCUT2D eigenvalue weighted by Gasteiger charge is 2.12. The topological polar surface area (TPSA) is 9.23 Å². The Bertz CT molecular complexity index is 107. The van der Waals surface area contributed by atoms with E-state index in [0.29, 0.717) is 12.2 Å². The fraction of sp³-hybridized carbons (Fsp3) is 0.750. The zero-order valence-electron chi connectivity index (χ0n) is 6.13. The van der Waals surface area contributed by atoms with Crippen molar-refractivity contribution in [3.8, 4) is 0 Å². The summed E-state index contributed by atoms with van der Waals surface area (Å²) in [5, 5.41) is 0. The van der Waals surface area contributed by atoms with Crippen molar-refractivity contribution in [1.82, 2.24) is 0 Å². The molecule has 0 radical (unpaired) electrons. The van der Waals surface area contributed by atoms with Crippen LogP contribution >= 0.6 is 0 Å².